The third kappa shape index (κ3) is 4.00. The van der Waals surface area contributed by atoms with Gasteiger partial charge in [0.1, 0.15) is 5.82 Å². The first-order valence-corrected chi connectivity index (χ1v) is 6.51. The second kappa shape index (κ2) is 5.85. The van der Waals surface area contributed by atoms with E-state index in [-0.39, 0.29) is 11.6 Å². The van der Waals surface area contributed by atoms with Crippen LogP contribution < -0.4 is 5.73 Å². The van der Waals surface area contributed by atoms with Gasteiger partial charge in [-0.15, -0.1) is 0 Å². The number of rotatable bonds is 5. The minimum absolute atomic E-state index is 0.284. The van der Waals surface area contributed by atoms with Gasteiger partial charge in [-0.1, -0.05) is 19.4 Å². The van der Waals surface area contributed by atoms with Gasteiger partial charge >= 0.3 is 0 Å². The van der Waals surface area contributed by atoms with Crippen molar-refractivity contribution in [1.82, 2.24) is 0 Å². The van der Waals surface area contributed by atoms with E-state index in [1.54, 1.807) is 12.1 Å². The molecule has 0 spiro atoms. The topological polar surface area (TPSA) is 43.1 Å². The summed E-state index contributed by atoms with van der Waals surface area (Å²) in [4.78, 5) is 0. The van der Waals surface area contributed by atoms with Crippen LogP contribution in [-0.4, -0.2) is 9.96 Å². The maximum absolute atomic E-state index is 13.3. The number of hydrogen-bond acceptors (Lipinski definition) is 2. The minimum Gasteiger partial charge on any atom is -0.399 e. The van der Waals surface area contributed by atoms with Crippen LogP contribution in [0.15, 0.2) is 18.2 Å². The molecule has 84 valence electrons. The molecule has 1 aromatic carbocycles. The smallest absolute Gasteiger partial charge is 0.129 e. The first-order chi connectivity index (χ1) is 7.13. The molecule has 2 N–H and O–H groups in total. The highest BCUT2D eigenvalue weighted by molar-refractivity contribution is 7.84. The minimum atomic E-state index is -0.969. The highest BCUT2D eigenvalue weighted by Gasteiger charge is 2.06. The first-order valence-electron chi connectivity index (χ1n) is 5.02. The third-order valence-corrected chi connectivity index (χ3v) is 3.50. The normalized spacial score (nSPS) is 12.7. The number of nitrogen functional groups attached to an aromatic ring is 1. The van der Waals surface area contributed by atoms with Crippen LogP contribution in [0.3, 0.4) is 0 Å². The van der Waals surface area contributed by atoms with E-state index < -0.39 is 10.8 Å². The largest absolute Gasteiger partial charge is 0.399 e. The van der Waals surface area contributed by atoms with Crippen LogP contribution in [0.5, 0.6) is 0 Å². The van der Waals surface area contributed by atoms with Crippen LogP contribution in [0.25, 0.3) is 0 Å². The molecular formula is C11H16FNOS. The van der Waals surface area contributed by atoms with Crippen molar-refractivity contribution in [2.45, 2.75) is 25.5 Å². The Morgan fingerprint density at radius 3 is 2.80 bits per heavy atom. The van der Waals surface area contributed by atoms with Crippen LogP contribution in [0.1, 0.15) is 25.3 Å². The summed E-state index contributed by atoms with van der Waals surface area (Å²) in [5.74, 6) is 0.562. The predicted octanol–water partition coefficient (Wildman–Crippen LogP) is 2.46. The second-order valence-corrected chi connectivity index (χ2v) is 5.07. The molecule has 4 heteroatoms. The fraction of sp³-hybridized carbons (Fsp3) is 0.455. The van der Waals surface area contributed by atoms with E-state index in [0.717, 1.165) is 12.8 Å². The summed E-state index contributed by atoms with van der Waals surface area (Å²) in [6.07, 6.45) is 1.93. The van der Waals surface area contributed by atoms with Crippen molar-refractivity contribution < 1.29 is 8.60 Å². The molecule has 0 amide bonds. The van der Waals surface area contributed by atoms with Crippen molar-refractivity contribution in [1.29, 1.82) is 0 Å². The fourth-order valence-electron chi connectivity index (χ4n) is 1.23. The van der Waals surface area contributed by atoms with Gasteiger partial charge in [-0.3, -0.25) is 4.21 Å². The molecule has 1 atom stereocenters. The molecule has 0 radical (unpaired) electrons. The van der Waals surface area contributed by atoms with E-state index in [9.17, 15) is 8.60 Å². The fourth-order valence-corrected chi connectivity index (χ4v) is 2.57. The molecule has 0 saturated carbocycles. The van der Waals surface area contributed by atoms with Crippen molar-refractivity contribution >= 4 is 16.5 Å². The van der Waals surface area contributed by atoms with Gasteiger partial charge in [0.25, 0.3) is 0 Å². The number of unbranched alkanes of at least 4 members (excludes halogenated alkanes) is 1. The Morgan fingerprint density at radius 1 is 1.47 bits per heavy atom. The number of benzene rings is 1. The molecule has 0 fully saturated rings. The summed E-state index contributed by atoms with van der Waals surface area (Å²) in [5, 5.41) is 0. The van der Waals surface area contributed by atoms with Crippen LogP contribution in [0.2, 0.25) is 0 Å². The number of halogens is 1. The molecule has 2 nitrogen and oxygen atoms in total. The van der Waals surface area contributed by atoms with Crippen LogP contribution in [-0.2, 0) is 16.6 Å². The monoisotopic (exact) mass is 229 g/mol. The van der Waals surface area contributed by atoms with Crippen molar-refractivity contribution in [3.63, 3.8) is 0 Å². The van der Waals surface area contributed by atoms with Crippen LogP contribution >= 0.6 is 0 Å². The van der Waals surface area contributed by atoms with Gasteiger partial charge < -0.3 is 5.73 Å². The Labute approximate surface area is 92.1 Å². The van der Waals surface area contributed by atoms with Gasteiger partial charge in [0.2, 0.25) is 0 Å². The molecule has 1 unspecified atom stereocenters. The van der Waals surface area contributed by atoms with E-state index in [0.29, 0.717) is 17.0 Å². The summed E-state index contributed by atoms with van der Waals surface area (Å²) in [6, 6.07) is 4.51. The summed E-state index contributed by atoms with van der Waals surface area (Å²) < 4.78 is 24.8. The summed E-state index contributed by atoms with van der Waals surface area (Å²) in [6.45, 7) is 2.04. The zero-order valence-corrected chi connectivity index (χ0v) is 9.65. The van der Waals surface area contributed by atoms with E-state index >= 15 is 0 Å². The highest BCUT2D eigenvalue weighted by Crippen LogP contribution is 2.14. The Morgan fingerprint density at radius 2 is 2.20 bits per heavy atom. The molecular weight excluding hydrogens is 213 g/mol. The SMILES string of the molecule is CCCCS(=O)Cc1ccc(N)cc1F. The number of anilines is 1. The van der Waals surface area contributed by atoms with Gasteiger partial charge in [-0.2, -0.15) is 0 Å². The molecule has 0 aliphatic heterocycles. The Bertz CT molecular complexity index is 354. The van der Waals surface area contributed by atoms with Gasteiger partial charge in [0, 0.05) is 27.8 Å². The lowest BCUT2D eigenvalue weighted by atomic mass is 10.2. The zero-order valence-electron chi connectivity index (χ0n) is 8.83. The summed E-state index contributed by atoms with van der Waals surface area (Å²) in [5.41, 5.74) is 6.31. The quantitative estimate of drug-likeness (QED) is 0.788. The molecule has 0 aliphatic rings. The second-order valence-electron chi connectivity index (χ2n) is 3.49. The van der Waals surface area contributed by atoms with Crippen molar-refractivity contribution in [2.24, 2.45) is 0 Å². The molecule has 1 aromatic rings. The standard InChI is InChI=1S/C11H16FNOS/c1-2-3-6-15(14)8-9-4-5-10(13)7-11(9)12/h4-5,7H,2-3,6,8,13H2,1H3. The molecule has 1 rings (SSSR count). The molecule has 15 heavy (non-hydrogen) atoms. The molecule has 0 saturated heterocycles. The third-order valence-electron chi connectivity index (χ3n) is 2.12. The van der Waals surface area contributed by atoms with E-state index in [2.05, 4.69) is 0 Å². The Kier molecular flexibility index (Phi) is 4.75. The first kappa shape index (κ1) is 12.2. The lowest BCUT2D eigenvalue weighted by molar-refractivity contribution is 0.615. The van der Waals surface area contributed by atoms with Crippen LogP contribution in [0, 0.1) is 5.82 Å². The Hall–Kier alpha value is -0.900. The lowest BCUT2D eigenvalue weighted by Crippen LogP contribution is -2.03. The average Bonchev–Trinajstić information content (AvgIpc) is 2.19. The Balaban J connectivity index is 2.60. The van der Waals surface area contributed by atoms with Crippen molar-refractivity contribution in [2.75, 3.05) is 11.5 Å². The number of nitrogens with two attached hydrogens (primary N) is 1. The van der Waals surface area contributed by atoms with Gasteiger partial charge in [-0.25, -0.2) is 4.39 Å². The maximum atomic E-state index is 13.3. The molecule has 0 aromatic heterocycles. The van der Waals surface area contributed by atoms with E-state index in [4.69, 9.17) is 5.73 Å². The number of hydrogen-bond donors (Lipinski definition) is 1. The van der Waals surface area contributed by atoms with Gasteiger partial charge in [-0.05, 0) is 18.6 Å². The van der Waals surface area contributed by atoms with Crippen molar-refractivity contribution in [3.05, 3.63) is 29.6 Å². The summed E-state index contributed by atoms with van der Waals surface area (Å²) >= 11 is 0. The maximum Gasteiger partial charge on any atom is 0.129 e. The molecule has 0 bridgehead atoms. The predicted molar refractivity (Wildman–Crippen MR) is 62.4 cm³/mol. The average molecular weight is 229 g/mol. The molecule has 0 aliphatic carbocycles. The van der Waals surface area contributed by atoms with E-state index in [1.165, 1.54) is 6.07 Å². The van der Waals surface area contributed by atoms with Crippen LogP contribution in [0.4, 0.5) is 10.1 Å². The van der Waals surface area contributed by atoms with Gasteiger partial charge in [0.05, 0.1) is 5.75 Å². The van der Waals surface area contributed by atoms with Gasteiger partial charge in [0.15, 0.2) is 0 Å². The van der Waals surface area contributed by atoms with Crippen molar-refractivity contribution in [3.8, 4) is 0 Å². The summed E-state index contributed by atoms with van der Waals surface area (Å²) in [7, 11) is -0.969. The lowest BCUT2D eigenvalue weighted by Gasteiger charge is -2.04. The zero-order chi connectivity index (χ0) is 11.3. The molecule has 0 heterocycles. The highest BCUT2D eigenvalue weighted by atomic mass is 32.2. The van der Waals surface area contributed by atoms with E-state index in [1.807, 2.05) is 6.92 Å².